The molecular formula is C16H14ClN3. The van der Waals surface area contributed by atoms with Crippen molar-refractivity contribution in [3.05, 3.63) is 52.8 Å². The molecule has 0 saturated carbocycles. The van der Waals surface area contributed by atoms with Crippen LogP contribution in [0.3, 0.4) is 0 Å². The largest absolute Gasteiger partial charge is 0.244 e. The van der Waals surface area contributed by atoms with Crippen LogP contribution >= 0.6 is 11.6 Å². The number of nitrogens with zero attached hydrogens (tertiary/aromatic N) is 3. The first-order chi connectivity index (χ1) is 9.67. The molecule has 0 amide bonds. The minimum Gasteiger partial charge on any atom is -0.244 e. The fourth-order valence-corrected chi connectivity index (χ4v) is 2.43. The van der Waals surface area contributed by atoms with Crippen molar-refractivity contribution in [2.75, 3.05) is 0 Å². The second-order valence-electron chi connectivity index (χ2n) is 4.70. The van der Waals surface area contributed by atoms with E-state index in [4.69, 9.17) is 11.6 Å². The van der Waals surface area contributed by atoms with Gasteiger partial charge in [-0.05, 0) is 37.1 Å². The molecule has 3 nitrogen and oxygen atoms in total. The Morgan fingerprint density at radius 1 is 1.05 bits per heavy atom. The van der Waals surface area contributed by atoms with Crippen molar-refractivity contribution >= 4 is 22.5 Å². The summed E-state index contributed by atoms with van der Waals surface area (Å²) in [6.45, 7) is 4.11. The molecule has 3 aromatic rings. The third-order valence-corrected chi connectivity index (χ3v) is 3.46. The van der Waals surface area contributed by atoms with Gasteiger partial charge in [-0.3, -0.25) is 0 Å². The molecule has 0 aliphatic heterocycles. The van der Waals surface area contributed by atoms with Gasteiger partial charge in [0.25, 0.3) is 0 Å². The smallest absolute Gasteiger partial charge is 0.179 e. The Morgan fingerprint density at radius 2 is 1.85 bits per heavy atom. The molecule has 100 valence electrons. The molecule has 0 radical (unpaired) electrons. The molecule has 0 aliphatic rings. The second kappa shape index (κ2) is 5.17. The van der Waals surface area contributed by atoms with Crippen molar-refractivity contribution in [2.24, 2.45) is 0 Å². The lowest BCUT2D eigenvalue weighted by molar-refractivity contribution is 0.999. The van der Waals surface area contributed by atoms with Crippen molar-refractivity contribution in [3.63, 3.8) is 0 Å². The molecule has 0 bridgehead atoms. The average molecular weight is 284 g/mol. The average Bonchev–Trinajstić information content (AvgIpc) is 2.46. The molecule has 3 rings (SSSR count). The molecular weight excluding hydrogens is 270 g/mol. The topological polar surface area (TPSA) is 38.7 Å². The minimum absolute atomic E-state index is 0.458. The lowest BCUT2D eigenvalue weighted by Crippen LogP contribution is -1.97. The van der Waals surface area contributed by atoms with Crippen LogP contribution in [0.15, 0.2) is 36.4 Å². The molecule has 2 heterocycles. The summed E-state index contributed by atoms with van der Waals surface area (Å²) in [6.07, 6.45) is 0.821. The standard InChI is InChI=1S/C16H14ClN3/c1-3-11-9-15(17)20-16(18-11)14-8-10(2)12-6-4-5-7-13(12)19-14/h4-9H,3H2,1-2H3. The highest BCUT2D eigenvalue weighted by Gasteiger charge is 2.09. The fourth-order valence-electron chi connectivity index (χ4n) is 2.22. The van der Waals surface area contributed by atoms with Gasteiger partial charge in [-0.2, -0.15) is 0 Å². The molecule has 0 aliphatic carbocycles. The predicted octanol–water partition coefficient (Wildman–Crippen LogP) is 4.22. The summed E-state index contributed by atoms with van der Waals surface area (Å²) >= 11 is 6.06. The normalized spacial score (nSPS) is 10.9. The fraction of sp³-hybridized carbons (Fsp3) is 0.188. The third kappa shape index (κ3) is 2.37. The Bertz CT molecular complexity index is 784. The summed E-state index contributed by atoms with van der Waals surface area (Å²) in [4.78, 5) is 13.4. The maximum Gasteiger partial charge on any atom is 0.179 e. The molecule has 20 heavy (non-hydrogen) atoms. The minimum atomic E-state index is 0.458. The summed E-state index contributed by atoms with van der Waals surface area (Å²) in [5.74, 6) is 0.586. The van der Waals surface area contributed by atoms with Gasteiger partial charge in [0, 0.05) is 11.1 Å². The first-order valence-corrected chi connectivity index (χ1v) is 6.95. The van der Waals surface area contributed by atoms with Crippen LogP contribution in [0.5, 0.6) is 0 Å². The summed E-state index contributed by atoms with van der Waals surface area (Å²) in [5, 5.41) is 1.61. The number of pyridine rings is 1. The number of benzene rings is 1. The van der Waals surface area contributed by atoms with E-state index in [2.05, 4.69) is 27.9 Å². The number of rotatable bonds is 2. The van der Waals surface area contributed by atoms with E-state index in [0.717, 1.165) is 34.3 Å². The number of fused-ring (bicyclic) bond motifs is 1. The second-order valence-corrected chi connectivity index (χ2v) is 5.09. The molecule has 1 aromatic carbocycles. The first kappa shape index (κ1) is 13.0. The van der Waals surface area contributed by atoms with Gasteiger partial charge in [0.15, 0.2) is 5.82 Å². The number of para-hydroxylation sites is 1. The molecule has 0 unspecified atom stereocenters. The van der Waals surface area contributed by atoms with E-state index in [1.54, 1.807) is 6.07 Å². The van der Waals surface area contributed by atoms with E-state index >= 15 is 0 Å². The Balaban J connectivity index is 2.22. The third-order valence-electron chi connectivity index (χ3n) is 3.26. The van der Waals surface area contributed by atoms with Crippen LogP contribution < -0.4 is 0 Å². The van der Waals surface area contributed by atoms with Crippen LogP contribution in [0.25, 0.3) is 22.4 Å². The van der Waals surface area contributed by atoms with Gasteiger partial charge in [0.1, 0.15) is 10.8 Å². The van der Waals surface area contributed by atoms with Crippen LogP contribution in [0.1, 0.15) is 18.2 Å². The van der Waals surface area contributed by atoms with Crippen molar-refractivity contribution in [3.8, 4) is 11.5 Å². The van der Waals surface area contributed by atoms with Gasteiger partial charge in [-0.1, -0.05) is 36.7 Å². The number of aromatic nitrogens is 3. The van der Waals surface area contributed by atoms with E-state index in [9.17, 15) is 0 Å². The van der Waals surface area contributed by atoms with Crippen LogP contribution in [-0.4, -0.2) is 15.0 Å². The van der Waals surface area contributed by atoms with Crippen molar-refractivity contribution in [2.45, 2.75) is 20.3 Å². The number of hydrogen-bond acceptors (Lipinski definition) is 3. The van der Waals surface area contributed by atoms with Gasteiger partial charge in [-0.25, -0.2) is 15.0 Å². The molecule has 0 N–H and O–H groups in total. The first-order valence-electron chi connectivity index (χ1n) is 6.57. The van der Waals surface area contributed by atoms with E-state index < -0.39 is 0 Å². The summed E-state index contributed by atoms with van der Waals surface area (Å²) in [7, 11) is 0. The molecule has 0 atom stereocenters. The Hall–Kier alpha value is -2.00. The summed E-state index contributed by atoms with van der Waals surface area (Å²) in [6, 6.07) is 11.9. The zero-order chi connectivity index (χ0) is 14.1. The van der Waals surface area contributed by atoms with Crippen molar-refractivity contribution in [1.82, 2.24) is 15.0 Å². The molecule has 0 saturated heterocycles. The Kier molecular flexibility index (Phi) is 3.36. The zero-order valence-corrected chi connectivity index (χ0v) is 12.1. The van der Waals surface area contributed by atoms with E-state index in [1.165, 1.54) is 0 Å². The van der Waals surface area contributed by atoms with E-state index in [-0.39, 0.29) is 0 Å². The molecule has 2 aromatic heterocycles. The van der Waals surface area contributed by atoms with Crippen LogP contribution in [0.4, 0.5) is 0 Å². The van der Waals surface area contributed by atoms with E-state index in [1.807, 2.05) is 31.2 Å². The Morgan fingerprint density at radius 3 is 2.65 bits per heavy atom. The highest BCUT2D eigenvalue weighted by molar-refractivity contribution is 6.29. The highest BCUT2D eigenvalue weighted by Crippen LogP contribution is 2.23. The van der Waals surface area contributed by atoms with Gasteiger partial charge in [-0.15, -0.1) is 0 Å². The highest BCUT2D eigenvalue weighted by atomic mass is 35.5. The zero-order valence-electron chi connectivity index (χ0n) is 11.4. The SMILES string of the molecule is CCc1cc(Cl)nc(-c2cc(C)c3ccccc3n2)n1. The van der Waals surface area contributed by atoms with Crippen molar-refractivity contribution < 1.29 is 0 Å². The quantitative estimate of drug-likeness (QED) is 0.661. The van der Waals surface area contributed by atoms with Gasteiger partial charge in [0.05, 0.1) is 5.52 Å². The number of hydrogen-bond donors (Lipinski definition) is 0. The lowest BCUT2D eigenvalue weighted by Gasteiger charge is -2.07. The summed E-state index contributed by atoms with van der Waals surface area (Å²) in [5.41, 5.74) is 3.79. The maximum absolute atomic E-state index is 6.06. The van der Waals surface area contributed by atoms with Crippen LogP contribution in [0.2, 0.25) is 5.15 Å². The maximum atomic E-state index is 6.06. The summed E-state index contributed by atoms with van der Waals surface area (Å²) < 4.78 is 0. The predicted molar refractivity (Wildman–Crippen MR) is 81.9 cm³/mol. The monoisotopic (exact) mass is 283 g/mol. The Labute approximate surface area is 122 Å². The molecule has 0 spiro atoms. The van der Waals surface area contributed by atoms with Gasteiger partial charge < -0.3 is 0 Å². The van der Waals surface area contributed by atoms with Crippen LogP contribution in [-0.2, 0) is 6.42 Å². The lowest BCUT2D eigenvalue weighted by atomic mass is 10.1. The van der Waals surface area contributed by atoms with Crippen LogP contribution in [0, 0.1) is 6.92 Å². The number of aryl methyl sites for hydroxylation is 2. The van der Waals surface area contributed by atoms with Gasteiger partial charge >= 0.3 is 0 Å². The molecule has 4 heteroatoms. The van der Waals surface area contributed by atoms with Gasteiger partial charge in [0.2, 0.25) is 0 Å². The van der Waals surface area contributed by atoms with Crippen molar-refractivity contribution in [1.29, 1.82) is 0 Å². The number of halogens is 1. The molecule has 0 fully saturated rings. The van der Waals surface area contributed by atoms with E-state index in [0.29, 0.717) is 11.0 Å².